The molecule has 1 aliphatic carbocycles. The number of aromatic amines is 1. The van der Waals surface area contributed by atoms with Crippen molar-refractivity contribution in [3.63, 3.8) is 0 Å². The second-order valence-electron chi connectivity index (χ2n) is 8.94. The lowest BCUT2D eigenvalue weighted by molar-refractivity contribution is -0.162. The third kappa shape index (κ3) is 4.64. The molecule has 1 saturated carbocycles. The van der Waals surface area contributed by atoms with Gasteiger partial charge in [-0.25, -0.2) is 4.79 Å². The van der Waals surface area contributed by atoms with Gasteiger partial charge in [0.15, 0.2) is 11.6 Å². The quantitative estimate of drug-likeness (QED) is 0.538. The molecule has 11 heteroatoms. The first kappa shape index (κ1) is 23.4. The van der Waals surface area contributed by atoms with Gasteiger partial charge in [-0.2, -0.15) is 0 Å². The number of rotatable bonds is 7. The van der Waals surface area contributed by atoms with E-state index < -0.39 is 42.2 Å². The molecule has 3 N–H and O–H groups in total. The van der Waals surface area contributed by atoms with E-state index in [1.54, 1.807) is 20.8 Å². The number of nitrogens with zero attached hydrogens (tertiary/aromatic N) is 1. The van der Waals surface area contributed by atoms with Crippen LogP contribution in [0.15, 0.2) is 21.9 Å². The van der Waals surface area contributed by atoms with E-state index in [1.807, 2.05) is 6.92 Å². The molecule has 2 fully saturated rings. The average molecular weight is 446 g/mol. The lowest BCUT2D eigenvalue weighted by Crippen LogP contribution is -2.36. The van der Waals surface area contributed by atoms with Gasteiger partial charge in [0.05, 0.1) is 17.7 Å². The summed E-state index contributed by atoms with van der Waals surface area (Å²) in [7, 11) is -4.21. The van der Waals surface area contributed by atoms with Crippen LogP contribution in [0.25, 0.3) is 0 Å². The van der Waals surface area contributed by atoms with Crippen LogP contribution in [-0.2, 0) is 18.6 Å². The van der Waals surface area contributed by atoms with Gasteiger partial charge in [-0.05, 0) is 52.9 Å². The fraction of sp³-hybridized carbons (Fsp3) is 0.789. The Labute approximate surface area is 174 Å². The number of nitrogens with one attached hydrogen (secondary N) is 1. The van der Waals surface area contributed by atoms with Crippen molar-refractivity contribution >= 4 is 7.60 Å². The van der Waals surface area contributed by atoms with Crippen molar-refractivity contribution in [1.82, 2.24) is 9.55 Å². The van der Waals surface area contributed by atoms with Crippen LogP contribution < -0.4 is 11.2 Å². The van der Waals surface area contributed by atoms with E-state index in [-0.39, 0.29) is 18.1 Å². The zero-order valence-corrected chi connectivity index (χ0v) is 18.8. The van der Waals surface area contributed by atoms with Gasteiger partial charge in [-0.1, -0.05) is 6.92 Å². The summed E-state index contributed by atoms with van der Waals surface area (Å²) in [4.78, 5) is 36.1. The molecule has 1 aliphatic heterocycles. The molecule has 7 atom stereocenters. The SMILES string of the molecule is CCC(C)(C[C@H]1CC(n2ccc(=O)[nH]c2=O)[C@@H]2OC(C)(C)O[C@H]12)OP(=O)(O)C(C)O. The highest BCUT2D eigenvalue weighted by molar-refractivity contribution is 7.53. The largest absolute Gasteiger partial charge is 0.381 e. The van der Waals surface area contributed by atoms with Crippen molar-refractivity contribution < 1.29 is 28.6 Å². The minimum atomic E-state index is -4.21. The summed E-state index contributed by atoms with van der Waals surface area (Å²) in [6.45, 7) is 8.37. The van der Waals surface area contributed by atoms with Crippen LogP contribution in [0.2, 0.25) is 0 Å². The fourth-order valence-electron chi connectivity index (χ4n) is 4.41. The van der Waals surface area contributed by atoms with E-state index in [4.69, 9.17) is 14.0 Å². The van der Waals surface area contributed by atoms with Crippen molar-refractivity contribution in [2.24, 2.45) is 5.92 Å². The van der Waals surface area contributed by atoms with Gasteiger partial charge in [-0.3, -0.25) is 18.9 Å². The van der Waals surface area contributed by atoms with Crippen molar-refractivity contribution in [3.05, 3.63) is 33.1 Å². The fourth-order valence-corrected chi connectivity index (χ4v) is 5.40. The number of hydrogen-bond donors (Lipinski definition) is 3. The molecular formula is C19H31N2O8P. The second-order valence-corrected chi connectivity index (χ2v) is 11.0. The second kappa shape index (κ2) is 8.00. The third-order valence-electron chi connectivity index (χ3n) is 6.03. The molecule has 0 spiro atoms. The van der Waals surface area contributed by atoms with Crippen molar-refractivity contribution in [2.45, 2.75) is 89.4 Å². The average Bonchev–Trinajstić information content (AvgIpc) is 3.08. The Balaban J connectivity index is 1.90. The van der Waals surface area contributed by atoms with Crippen molar-refractivity contribution in [1.29, 1.82) is 0 Å². The molecule has 1 aromatic rings. The molecule has 0 amide bonds. The molecule has 2 heterocycles. The van der Waals surface area contributed by atoms with Crippen LogP contribution in [-0.4, -0.2) is 49.0 Å². The normalized spacial score (nSPS) is 32.9. The Hall–Kier alpha value is -1.29. The molecule has 3 rings (SSSR count). The first-order chi connectivity index (χ1) is 13.8. The molecule has 30 heavy (non-hydrogen) atoms. The summed E-state index contributed by atoms with van der Waals surface area (Å²) < 4.78 is 31.5. The van der Waals surface area contributed by atoms with Gasteiger partial charge in [0, 0.05) is 12.3 Å². The van der Waals surface area contributed by atoms with Gasteiger partial charge >= 0.3 is 13.3 Å². The number of aliphatic hydroxyl groups is 1. The van der Waals surface area contributed by atoms with Crippen molar-refractivity contribution in [3.8, 4) is 0 Å². The van der Waals surface area contributed by atoms with Gasteiger partial charge in [0.25, 0.3) is 5.56 Å². The predicted octanol–water partition coefficient (Wildman–Crippen LogP) is 1.72. The van der Waals surface area contributed by atoms with E-state index in [1.165, 1.54) is 23.8 Å². The standard InChI is InChI=1S/C19H31N2O8P/c1-6-19(5,29-30(25,26)11(2)22)10-12-9-13(16-15(12)27-18(3,4)28-16)21-8-7-14(23)20-17(21)24/h7-8,11-13,15-16,22H,6,9-10H2,1-5H3,(H,25,26)(H,20,23,24)/t11?,12-,13?,15-,16+,19?/m1/s1. The van der Waals surface area contributed by atoms with E-state index in [0.29, 0.717) is 19.3 Å². The van der Waals surface area contributed by atoms with E-state index in [9.17, 15) is 24.2 Å². The minimum absolute atomic E-state index is 0.139. The summed E-state index contributed by atoms with van der Waals surface area (Å²) in [5, 5.41) is 9.61. The summed E-state index contributed by atoms with van der Waals surface area (Å²) in [6, 6.07) is 0.916. The summed E-state index contributed by atoms with van der Waals surface area (Å²) in [5.41, 5.74) is -1.99. The minimum Gasteiger partial charge on any atom is -0.381 e. The Kier molecular flexibility index (Phi) is 6.23. The number of H-pyrrole nitrogens is 1. The Morgan fingerprint density at radius 3 is 2.60 bits per heavy atom. The van der Waals surface area contributed by atoms with E-state index >= 15 is 0 Å². The van der Waals surface area contributed by atoms with Crippen LogP contribution in [0.4, 0.5) is 0 Å². The number of ether oxygens (including phenoxy) is 2. The van der Waals surface area contributed by atoms with Crippen molar-refractivity contribution in [2.75, 3.05) is 0 Å². The highest BCUT2D eigenvalue weighted by Crippen LogP contribution is 2.54. The lowest BCUT2D eigenvalue weighted by Gasteiger charge is -2.35. The maximum atomic E-state index is 12.4. The molecule has 1 aromatic heterocycles. The topological polar surface area (TPSA) is 140 Å². The zero-order valence-electron chi connectivity index (χ0n) is 17.9. The first-order valence-electron chi connectivity index (χ1n) is 10.2. The molecule has 2 aliphatic rings. The zero-order chi connectivity index (χ0) is 22.5. The molecule has 0 aromatic carbocycles. The van der Waals surface area contributed by atoms with Crippen LogP contribution in [0.1, 0.15) is 59.9 Å². The smallest absolute Gasteiger partial charge is 0.356 e. The Bertz CT molecular complexity index is 941. The number of aliphatic hydroxyl groups excluding tert-OH is 1. The van der Waals surface area contributed by atoms with Gasteiger partial charge < -0.3 is 24.0 Å². The summed E-state index contributed by atoms with van der Waals surface area (Å²) in [5.74, 6) is -2.50. The van der Waals surface area contributed by atoms with Crippen LogP contribution in [0, 0.1) is 5.92 Å². The number of hydrogen-bond acceptors (Lipinski definition) is 7. The number of fused-ring (bicyclic) bond motifs is 1. The lowest BCUT2D eigenvalue weighted by atomic mass is 9.87. The Morgan fingerprint density at radius 1 is 1.40 bits per heavy atom. The molecule has 0 radical (unpaired) electrons. The monoisotopic (exact) mass is 446 g/mol. The Morgan fingerprint density at radius 2 is 2.03 bits per heavy atom. The van der Waals surface area contributed by atoms with E-state index in [0.717, 1.165) is 0 Å². The van der Waals surface area contributed by atoms with Crippen LogP contribution in [0.5, 0.6) is 0 Å². The highest BCUT2D eigenvalue weighted by atomic mass is 31.2. The third-order valence-corrected chi connectivity index (χ3v) is 7.67. The maximum absolute atomic E-state index is 12.4. The maximum Gasteiger partial charge on any atom is 0.356 e. The van der Waals surface area contributed by atoms with Gasteiger partial charge in [0.1, 0.15) is 6.10 Å². The predicted molar refractivity (Wildman–Crippen MR) is 108 cm³/mol. The summed E-state index contributed by atoms with van der Waals surface area (Å²) in [6.07, 6.45) is 1.98. The molecule has 0 bridgehead atoms. The van der Waals surface area contributed by atoms with E-state index in [2.05, 4.69) is 4.98 Å². The highest BCUT2D eigenvalue weighted by Gasteiger charge is 2.56. The summed E-state index contributed by atoms with van der Waals surface area (Å²) >= 11 is 0. The molecule has 1 saturated heterocycles. The molecular weight excluding hydrogens is 415 g/mol. The molecule has 4 unspecified atom stereocenters. The van der Waals surface area contributed by atoms with Gasteiger partial charge in [-0.15, -0.1) is 0 Å². The van der Waals surface area contributed by atoms with Crippen LogP contribution >= 0.6 is 7.60 Å². The molecule has 10 nitrogen and oxygen atoms in total. The first-order valence-corrected chi connectivity index (χ1v) is 11.8. The number of aromatic nitrogens is 2. The molecule has 170 valence electrons. The van der Waals surface area contributed by atoms with Crippen LogP contribution in [0.3, 0.4) is 0 Å². The van der Waals surface area contributed by atoms with Gasteiger partial charge in [0.2, 0.25) is 0 Å².